The van der Waals surface area contributed by atoms with Crippen LogP contribution in [0.25, 0.3) is 22.0 Å². The second-order valence-electron chi connectivity index (χ2n) is 7.47. The molecule has 0 aliphatic rings. The van der Waals surface area contributed by atoms with Crippen LogP contribution in [0, 0.1) is 25.2 Å². The number of primary amides is 2. The second-order valence-corrected chi connectivity index (χ2v) is 7.47. The monoisotopic (exact) mass is 424 g/mol. The molecule has 8 nitrogen and oxygen atoms in total. The Kier molecular flexibility index (Phi) is 5.16. The summed E-state index contributed by atoms with van der Waals surface area (Å²) in [7, 11) is 0. The maximum Gasteiger partial charge on any atom is 0.267 e. The van der Waals surface area contributed by atoms with Crippen molar-refractivity contribution in [2.24, 2.45) is 11.5 Å². The minimum absolute atomic E-state index is 0.0327. The van der Waals surface area contributed by atoms with Gasteiger partial charge in [-0.05, 0) is 37.6 Å². The molecule has 2 aromatic heterocycles. The number of benzene rings is 2. The first-order chi connectivity index (χ1) is 15.3. The lowest BCUT2D eigenvalue weighted by Gasteiger charge is -2.14. The van der Waals surface area contributed by atoms with Crippen LogP contribution in [-0.4, -0.2) is 26.6 Å². The van der Waals surface area contributed by atoms with Gasteiger partial charge in [0.2, 0.25) is 5.91 Å². The fraction of sp³-hybridized carbons (Fsp3) is 0.125. The van der Waals surface area contributed by atoms with E-state index in [1.807, 2.05) is 19.1 Å². The number of aryl methyl sites for hydroxylation is 1. The summed E-state index contributed by atoms with van der Waals surface area (Å²) in [5, 5.41) is 14.3. The van der Waals surface area contributed by atoms with Crippen molar-refractivity contribution in [3.05, 3.63) is 82.3 Å². The highest BCUT2D eigenvalue weighted by atomic mass is 16.1. The lowest BCUT2D eigenvalue weighted by atomic mass is 9.92. The van der Waals surface area contributed by atoms with E-state index in [-0.39, 0.29) is 16.8 Å². The largest absolute Gasteiger partial charge is 0.366 e. The Morgan fingerprint density at radius 3 is 2.47 bits per heavy atom. The molecule has 0 saturated heterocycles. The zero-order chi connectivity index (χ0) is 23.0. The maximum atomic E-state index is 12.6. The number of nitrogens with two attached hydrogens (primary N) is 2. The molecular formula is C24H20N6O2. The summed E-state index contributed by atoms with van der Waals surface area (Å²) < 4.78 is 1.76. The number of hydrogen-bond donors (Lipinski definition) is 2. The average Bonchev–Trinajstić information content (AvgIpc) is 3.04. The maximum absolute atomic E-state index is 12.6. The molecule has 2 aromatic carbocycles. The first-order valence-electron chi connectivity index (χ1n) is 9.87. The van der Waals surface area contributed by atoms with E-state index in [2.05, 4.69) is 16.2 Å². The summed E-state index contributed by atoms with van der Waals surface area (Å²) in [5.74, 6) is -1.45. The van der Waals surface area contributed by atoms with Crippen molar-refractivity contribution in [2.45, 2.75) is 20.4 Å². The highest BCUT2D eigenvalue weighted by Crippen LogP contribution is 2.36. The molecule has 0 fully saturated rings. The number of para-hydroxylation sites is 1. The van der Waals surface area contributed by atoms with Crippen molar-refractivity contribution in [1.82, 2.24) is 14.8 Å². The van der Waals surface area contributed by atoms with E-state index in [1.165, 1.54) is 0 Å². The summed E-state index contributed by atoms with van der Waals surface area (Å²) in [6.45, 7) is 4.03. The van der Waals surface area contributed by atoms with Crippen molar-refractivity contribution in [2.75, 3.05) is 0 Å². The molecule has 4 aromatic rings. The molecule has 0 aliphatic heterocycles. The molecule has 2 heterocycles. The van der Waals surface area contributed by atoms with Crippen LogP contribution in [0.2, 0.25) is 0 Å². The number of carbonyl (C=O) groups excluding carboxylic acids is 2. The molecule has 0 aliphatic carbocycles. The van der Waals surface area contributed by atoms with Crippen LogP contribution in [0.3, 0.4) is 0 Å². The van der Waals surface area contributed by atoms with Gasteiger partial charge in [0, 0.05) is 22.2 Å². The standard InChI is InChI=1S/C24H20N6O2/c1-13-19(14(2)30(29-13)12-16-7-5-6-15(10-16)11-25)21-20(23(26)31)17-8-3-4-9-18(17)28-22(21)24(27)32/h3-10H,12H2,1-2H3,(H2,26,31)(H2,27,32). The first-order valence-corrected chi connectivity index (χ1v) is 9.87. The van der Waals surface area contributed by atoms with E-state index in [1.54, 1.807) is 48.0 Å². The van der Waals surface area contributed by atoms with E-state index in [0.717, 1.165) is 5.56 Å². The predicted octanol–water partition coefficient (Wildman–Crippen LogP) is 2.83. The molecule has 158 valence electrons. The Hall–Kier alpha value is -4.51. The number of fused-ring (bicyclic) bond motifs is 1. The number of nitrogens with zero attached hydrogens (tertiary/aromatic N) is 4. The number of hydrogen-bond acceptors (Lipinski definition) is 5. The number of carbonyl (C=O) groups is 2. The van der Waals surface area contributed by atoms with Crippen molar-refractivity contribution in [3.63, 3.8) is 0 Å². The minimum Gasteiger partial charge on any atom is -0.366 e. The third-order valence-electron chi connectivity index (χ3n) is 5.39. The van der Waals surface area contributed by atoms with Gasteiger partial charge in [-0.3, -0.25) is 14.3 Å². The zero-order valence-electron chi connectivity index (χ0n) is 17.6. The van der Waals surface area contributed by atoms with Gasteiger partial charge in [0.05, 0.1) is 35.0 Å². The fourth-order valence-corrected chi connectivity index (χ4v) is 4.01. The van der Waals surface area contributed by atoms with Crippen LogP contribution in [0.1, 0.15) is 43.4 Å². The van der Waals surface area contributed by atoms with E-state index >= 15 is 0 Å². The van der Waals surface area contributed by atoms with Gasteiger partial charge < -0.3 is 11.5 Å². The lowest BCUT2D eigenvalue weighted by molar-refractivity contribution is 0.0996. The molecule has 0 atom stereocenters. The van der Waals surface area contributed by atoms with Gasteiger partial charge in [0.15, 0.2) is 0 Å². The summed E-state index contributed by atoms with van der Waals surface area (Å²) in [6.07, 6.45) is 0. The summed E-state index contributed by atoms with van der Waals surface area (Å²) in [4.78, 5) is 29.4. The van der Waals surface area contributed by atoms with Gasteiger partial charge in [-0.1, -0.05) is 30.3 Å². The lowest BCUT2D eigenvalue weighted by Crippen LogP contribution is -2.21. The highest BCUT2D eigenvalue weighted by molar-refractivity contribution is 6.15. The van der Waals surface area contributed by atoms with Crippen molar-refractivity contribution >= 4 is 22.7 Å². The van der Waals surface area contributed by atoms with Crippen molar-refractivity contribution < 1.29 is 9.59 Å². The van der Waals surface area contributed by atoms with Crippen LogP contribution in [0.15, 0.2) is 48.5 Å². The van der Waals surface area contributed by atoms with Crippen LogP contribution in [-0.2, 0) is 6.54 Å². The molecule has 0 radical (unpaired) electrons. The SMILES string of the molecule is Cc1nn(Cc2cccc(C#N)c2)c(C)c1-c1c(C(N)=O)nc2ccccc2c1C(N)=O. The molecular weight excluding hydrogens is 404 g/mol. The Morgan fingerprint density at radius 2 is 1.78 bits per heavy atom. The predicted molar refractivity (Wildman–Crippen MR) is 120 cm³/mol. The quantitative estimate of drug-likeness (QED) is 0.507. The van der Waals surface area contributed by atoms with E-state index in [0.29, 0.717) is 40.0 Å². The van der Waals surface area contributed by atoms with E-state index in [9.17, 15) is 9.59 Å². The second kappa shape index (κ2) is 7.96. The molecule has 8 heteroatoms. The van der Waals surface area contributed by atoms with Gasteiger partial charge in [-0.15, -0.1) is 0 Å². The molecule has 0 spiro atoms. The third kappa shape index (κ3) is 3.46. The number of nitriles is 1. The van der Waals surface area contributed by atoms with Gasteiger partial charge in [0.1, 0.15) is 5.69 Å². The first kappa shape index (κ1) is 20.8. The number of aromatic nitrogens is 3. The zero-order valence-corrected chi connectivity index (χ0v) is 17.6. The molecule has 0 unspecified atom stereocenters. The average molecular weight is 424 g/mol. The van der Waals surface area contributed by atoms with Crippen molar-refractivity contribution in [3.8, 4) is 17.2 Å². The molecule has 2 amide bonds. The summed E-state index contributed by atoms with van der Waals surface area (Å²) in [5.41, 5.74) is 15.7. The molecule has 32 heavy (non-hydrogen) atoms. The van der Waals surface area contributed by atoms with Crippen molar-refractivity contribution in [1.29, 1.82) is 5.26 Å². The smallest absolute Gasteiger partial charge is 0.267 e. The number of rotatable bonds is 5. The van der Waals surface area contributed by atoms with E-state index in [4.69, 9.17) is 16.7 Å². The number of amides is 2. The Bertz CT molecular complexity index is 1450. The topological polar surface area (TPSA) is 141 Å². The fourth-order valence-electron chi connectivity index (χ4n) is 4.01. The van der Waals surface area contributed by atoms with Crippen LogP contribution in [0.4, 0.5) is 0 Å². The van der Waals surface area contributed by atoms with Crippen LogP contribution < -0.4 is 11.5 Å². The molecule has 4 N–H and O–H groups in total. The molecule has 0 bridgehead atoms. The summed E-state index contributed by atoms with van der Waals surface area (Å²) >= 11 is 0. The Labute approximate surface area is 184 Å². The third-order valence-corrected chi connectivity index (χ3v) is 5.39. The molecule has 0 saturated carbocycles. The number of pyridine rings is 1. The van der Waals surface area contributed by atoms with Gasteiger partial charge >= 0.3 is 0 Å². The highest BCUT2D eigenvalue weighted by Gasteiger charge is 2.27. The van der Waals surface area contributed by atoms with Gasteiger partial charge in [-0.25, -0.2) is 4.98 Å². The van der Waals surface area contributed by atoms with Crippen LogP contribution in [0.5, 0.6) is 0 Å². The molecule has 4 rings (SSSR count). The minimum atomic E-state index is -0.762. The van der Waals surface area contributed by atoms with Gasteiger partial charge in [0.25, 0.3) is 5.91 Å². The van der Waals surface area contributed by atoms with E-state index < -0.39 is 11.8 Å². The summed E-state index contributed by atoms with van der Waals surface area (Å²) in [6, 6.07) is 16.3. The Morgan fingerprint density at radius 1 is 1.03 bits per heavy atom. The van der Waals surface area contributed by atoms with Gasteiger partial charge in [-0.2, -0.15) is 10.4 Å². The normalized spacial score (nSPS) is 10.8. The Balaban J connectivity index is 1.98. The van der Waals surface area contributed by atoms with Crippen LogP contribution >= 0.6 is 0 Å².